The molecule has 0 aliphatic rings. The third kappa shape index (κ3) is 4.35. The van der Waals surface area contributed by atoms with Crippen LogP contribution in [-0.2, 0) is 10.0 Å². The quantitative estimate of drug-likeness (QED) is 0.535. The molecule has 0 atom stereocenters. The molecule has 0 heterocycles. The van der Waals surface area contributed by atoms with Gasteiger partial charge in [-0.25, -0.2) is 13.1 Å². The zero-order valence-corrected chi connectivity index (χ0v) is 12.1. The molecule has 0 saturated heterocycles. The molecular weight excluding hydrogens is 315 g/mol. The molecule has 7 nitrogen and oxygen atoms in total. The maximum absolute atomic E-state index is 11.6. The van der Waals surface area contributed by atoms with Gasteiger partial charge in [0.05, 0.1) is 15.5 Å². The fraction of sp³-hybridized carbons (Fsp3) is 0.111. The van der Waals surface area contributed by atoms with E-state index in [0.29, 0.717) is 0 Å². The molecule has 0 fully saturated rings. The predicted octanol–water partition coefficient (Wildman–Crippen LogP) is 0.0835. The predicted molar refractivity (Wildman–Crippen MR) is 75.1 cm³/mol. The van der Waals surface area contributed by atoms with Crippen LogP contribution in [-0.4, -0.2) is 27.3 Å². The van der Waals surface area contributed by atoms with Crippen molar-refractivity contribution < 1.29 is 13.2 Å². The molecule has 0 aromatic heterocycles. The van der Waals surface area contributed by atoms with Crippen molar-refractivity contribution in [3.8, 4) is 0 Å². The lowest BCUT2D eigenvalue weighted by atomic mass is 10.2. The minimum atomic E-state index is -3.67. The highest BCUT2D eigenvalue weighted by Gasteiger charge is 2.17. The van der Waals surface area contributed by atoms with Crippen molar-refractivity contribution in [1.82, 2.24) is 4.72 Å². The lowest BCUT2D eigenvalue weighted by Crippen LogP contribution is -2.24. The van der Waals surface area contributed by atoms with E-state index in [9.17, 15) is 13.2 Å². The number of aliphatic imine (C=N–C) groups is 1. The second-order valence-electron chi connectivity index (χ2n) is 3.19. The largest absolute Gasteiger partial charge is 0.370 e. The number of halogens is 2. The summed E-state index contributed by atoms with van der Waals surface area (Å²) in [6.45, 7) is 0. The van der Waals surface area contributed by atoms with Crippen LogP contribution < -0.4 is 16.2 Å². The molecule has 1 aromatic carbocycles. The number of nitrogens with one attached hydrogen (secondary N) is 1. The van der Waals surface area contributed by atoms with Gasteiger partial charge in [-0.1, -0.05) is 11.6 Å². The number of rotatable bonds is 3. The Bertz CT molecular complexity index is 612. The number of hydrogen-bond donors (Lipinski definition) is 3. The number of nitrogens with two attached hydrogens (primary N) is 2. The number of guanidine groups is 1. The zero-order chi connectivity index (χ0) is 13.9. The number of carbonyl (C=O) groups is 1. The summed E-state index contributed by atoms with van der Waals surface area (Å²) in [4.78, 5) is 14.8. The smallest absolute Gasteiger partial charge is 0.281 e. The summed E-state index contributed by atoms with van der Waals surface area (Å²) < 4.78 is 25.2. The van der Waals surface area contributed by atoms with Crippen LogP contribution in [0, 0.1) is 0 Å². The van der Waals surface area contributed by atoms with Crippen LogP contribution in [0.4, 0.5) is 0 Å². The maximum Gasteiger partial charge on any atom is 0.281 e. The average Bonchev–Trinajstić information content (AvgIpc) is 2.28. The maximum atomic E-state index is 11.6. The van der Waals surface area contributed by atoms with E-state index in [2.05, 4.69) is 9.71 Å². The molecule has 5 N–H and O–H groups in total. The Morgan fingerprint density at radius 2 is 1.95 bits per heavy atom. The number of carbonyl (C=O) groups excluding carboxylic acids is 1. The minimum absolute atomic E-state index is 0. The van der Waals surface area contributed by atoms with Crippen LogP contribution in [0.15, 0.2) is 28.1 Å². The first-order valence-corrected chi connectivity index (χ1v) is 6.51. The minimum Gasteiger partial charge on any atom is -0.370 e. The molecule has 1 amide bonds. The van der Waals surface area contributed by atoms with Crippen molar-refractivity contribution >= 4 is 45.9 Å². The molecule has 0 unspecified atom stereocenters. The van der Waals surface area contributed by atoms with Gasteiger partial charge in [0.25, 0.3) is 5.91 Å². The van der Waals surface area contributed by atoms with Gasteiger partial charge in [0.2, 0.25) is 10.0 Å². The topological polar surface area (TPSA) is 128 Å². The van der Waals surface area contributed by atoms with E-state index in [0.717, 1.165) is 6.07 Å². The molecule has 19 heavy (non-hydrogen) atoms. The lowest BCUT2D eigenvalue weighted by molar-refractivity contribution is 0.100. The van der Waals surface area contributed by atoms with E-state index >= 15 is 0 Å². The molecule has 0 aliphatic heterocycles. The van der Waals surface area contributed by atoms with Gasteiger partial charge in [-0.05, 0) is 25.2 Å². The van der Waals surface area contributed by atoms with Crippen molar-refractivity contribution in [3.05, 3.63) is 28.8 Å². The number of hydrogen-bond acceptors (Lipinski definition) is 3. The molecule has 0 aliphatic carbocycles. The molecule has 1 aromatic rings. The third-order valence-electron chi connectivity index (χ3n) is 1.98. The number of benzene rings is 1. The van der Waals surface area contributed by atoms with E-state index in [1.807, 2.05) is 0 Å². The highest BCUT2D eigenvalue weighted by molar-refractivity contribution is 7.89. The molecular formula is C9H12Cl2N4O3S. The number of sulfonamides is 1. The van der Waals surface area contributed by atoms with E-state index in [-0.39, 0.29) is 27.9 Å². The van der Waals surface area contributed by atoms with Gasteiger partial charge in [0, 0.05) is 0 Å². The van der Waals surface area contributed by atoms with Crippen LogP contribution >= 0.6 is 24.0 Å². The monoisotopic (exact) mass is 326 g/mol. The Hall–Kier alpha value is -1.35. The van der Waals surface area contributed by atoms with Crippen LogP contribution in [0.2, 0.25) is 5.02 Å². The second-order valence-corrected chi connectivity index (χ2v) is 5.48. The van der Waals surface area contributed by atoms with Gasteiger partial charge in [-0.2, -0.15) is 4.99 Å². The number of nitrogens with zero attached hydrogens (tertiary/aromatic N) is 1. The van der Waals surface area contributed by atoms with Gasteiger partial charge in [-0.3, -0.25) is 4.79 Å². The Balaban J connectivity index is 0.00000324. The van der Waals surface area contributed by atoms with E-state index in [1.165, 1.54) is 19.2 Å². The Morgan fingerprint density at radius 1 is 1.37 bits per heavy atom. The first-order valence-electron chi connectivity index (χ1n) is 4.65. The Labute approximate surface area is 121 Å². The molecule has 0 spiro atoms. The molecule has 10 heteroatoms. The van der Waals surface area contributed by atoms with Gasteiger partial charge in [-0.15, -0.1) is 12.4 Å². The van der Waals surface area contributed by atoms with Crippen molar-refractivity contribution in [3.63, 3.8) is 0 Å². The van der Waals surface area contributed by atoms with Crippen molar-refractivity contribution in [2.75, 3.05) is 7.05 Å². The highest BCUT2D eigenvalue weighted by atomic mass is 35.5. The van der Waals surface area contributed by atoms with Crippen molar-refractivity contribution in [2.45, 2.75) is 4.90 Å². The van der Waals surface area contributed by atoms with Crippen LogP contribution in [0.3, 0.4) is 0 Å². The summed E-state index contributed by atoms with van der Waals surface area (Å²) in [6.07, 6.45) is 0. The normalized spacial score (nSPS) is 10.4. The van der Waals surface area contributed by atoms with Crippen molar-refractivity contribution in [1.29, 1.82) is 0 Å². The fourth-order valence-electron chi connectivity index (χ4n) is 1.13. The van der Waals surface area contributed by atoms with Gasteiger partial charge in [0.15, 0.2) is 5.96 Å². The summed E-state index contributed by atoms with van der Waals surface area (Å²) in [5.41, 5.74) is 10.0. The molecule has 0 radical (unpaired) electrons. The molecule has 1 rings (SSSR count). The molecule has 106 valence electrons. The van der Waals surface area contributed by atoms with Gasteiger partial charge >= 0.3 is 0 Å². The summed E-state index contributed by atoms with van der Waals surface area (Å²) in [5.74, 6) is -1.24. The van der Waals surface area contributed by atoms with Gasteiger partial charge < -0.3 is 11.5 Å². The highest BCUT2D eigenvalue weighted by Crippen LogP contribution is 2.21. The standard InChI is InChI=1S/C9H11ClN4O3S.ClH/c1-13-18(16,17)5-2-3-7(10)6(4-5)8(15)14-9(11)12;/h2-4,13H,1H3,(H4,11,12,14,15);1H. The van der Waals surface area contributed by atoms with E-state index < -0.39 is 21.9 Å². The third-order valence-corrected chi connectivity index (χ3v) is 3.72. The Morgan fingerprint density at radius 3 is 2.42 bits per heavy atom. The fourth-order valence-corrected chi connectivity index (χ4v) is 2.09. The SMILES string of the molecule is CNS(=O)(=O)c1ccc(Cl)c(C(=O)N=C(N)N)c1.Cl. The zero-order valence-electron chi connectivity index (χ0n) is 9.75. The summed E-state index contributed by atoms with van der Waals surface area (Å²) >= 11 is 5.78. The van der Waals surface area contributed by atoms with E-state index in [4.69, 9.17) is 23.1 Å². The first-order chi connectivity index (χ1) is 8.27. The van der Waals surface area contributed by atoms with Crippen LogP contribution in [0.5, 0.6) is 0 Å². The number of amides is 1. The Kier molecular flexibility index (Phi) is 6.23. The lowest BCUT2D eigenvalue weighted by Gasteiger charge is -2.05. The summed E-state index contributed by atoms with van der Waals surface area (Å²) in [6, 6.07) is 3.64. The van der Waals surface area contributed by atoms with Crippen LogP contribution in [0.25, 0.3) is 0 Å². The summed E-state index contributed by atoms with van der Waals surface area (Å²) in [5, 5.41) is 0.0556. The van der Waals surface area contributed by atoms with E-state index in [1.54, 1.807) is 0 Å². The summed E-state index contributed by atoms with van der Waals surface area (Å²) in [7, 11) is -2.42. The average molecular weight is 327 g/mol. The van der Waals surface area contributed by atoms with Crippen molar-refractivity contribution in [2.24, 2.45) is 16.5 Å². The van der Waals surface area contributed by atoms with Gasteiger partial charge in [0.1, 0.15) is 0 Å². The second kappa shape index (κ2) is 6.71. The molecule has 0 bridgehead atoms. The van der Waals surface area contributed by atoms with Crippen LogP contribution in [0.1, 0.15) is 10.4 Å². The first kappa shape index (κ1) is 17.6. The molecule has 0 saturated carbocycles.